The van der Waals surface area contributed by atoms with Crippen LogP contribution in [0.25, 0.3) is 11.1 Å². The molecule has 0 heterocycles. The van der Waals surface area contributed by atoms with Crippen LogP contribution in [0.5, 0.6) is 0 Å². The average molecular weight is 228 g/mol. The van der Waals surface area contributed by atoms with E-state index in [-0.39, 0.29) is 0 Å². The van der Waals surface area contributed by atoms with Crippen molar-refractivity contribution in [3.63, 3.8) is 0 Å². The minimum absolute atomic E-state index is 0.664. The molecule has 0 aromatic heterocycles. The molecule has 0 radical (unpaired) electrons. The van der Waals surface area contributed by atoms with Crippen LogP contribution in [0.4, 0.5) is 0 Å². The van der Waals surface area contributed by atoms with E-state index in [1.807, 2.05) is 43.3 Å². The van der Waals surface area contributed by atoms with Crippen LogP contribution in [0.1, 0.15) is 11.1 Å². The molecule has 0 N–H and O–H groups in total. The fraction of sp³-hybridized carbons (Fsp3) is 0.0714. The Bertz CT molecular complexity index is 567. The standard InChI is InChI=1S/C14H10ClN/c1-10-5-6-13(15)8-14(10)12-4-2-3-11(7-12)9-16/h2-8H,1H3. The van der Waals surface area contributed by atoms with Gasteiger partial charge >= 0.3 is 0 Å². The Labute approximate surface area is 99.9 Å². The van der Waals surface area contributed by atoms with E-state index in [1.54, 1.807) is 6.07 Å². The van der Waals surface area contributed by atoms with Gasteiger partial charge in [0.05, 0.1) is 11.6 Å². The van der Waals surface area contributed by atoms with Crippen molar-refractivity contribution in [2.24, 2.45) is 0 Å². The van der Waals surface area contributed by atoms with Crippen LogP contribution < -0.4 is 0 Å². The lowest BCUT2D eigenvalue weighted by atomic mass is 9.99. The molecule has 2 heteroatoms. The molecular weight excluding hydrogens is 218 g/mol. The second-order valence-corrected chi connectivity index (χ2v) is 4.09. The predicted molar refractivity (Wildman–Crippen MR) is 66.3 cm³/mol. The first-order valence-corrected chi connectivity index (χ1v) is 5.35. The molecule has 16 heavy (non-hydrogen) atoms. The van der Waals surface area contributed by atoms with Gasteiger partial charge in [-0.15, -0.1) is 0 Å². The van der Waals surface area contributed by atoms with Crippen molar-refractivity contribution in [1.82, 2.24) is 0 Å². The maximum absolute atomic E-state index is 8.86. The van der Waals surface area contributed by atoms with Gasteiger partial charge in [-0.05, 0) is 47.9 Å². The third kappa shape index (κ3) is 2.08. The first kappa shape index (κ1) is 10.7. The number of halogens is 1. The summed E-state index contributed by atoms with van der Waals surface area (Å²) in [6, 6.07) is 15.5. The zero-order valence-corrected chi connectivity index (χ0v) is 9.62. The summed E-state index contributed by atoms with van der Waals surface area (Å²) in [5.74, 6) is 0. The van der Waals surface area contributed by atoms with Crippen LogP contribution in [0, 0.1) is 18.3 Å². The van der Waals surface area contributed by atoms with Crippen molar-refractivity contribution < 1.29 is 0 Å². The van der Waals surface area contributed by atoms with E-state index in [0.717, 1.165) is 16.7 Å². The summed E-state index contributed by atoms with van der Waals surface area (Å²) in [5, 5.41) is 9.57. The molecule has 0 aliphatic carbocycles. The molecule has 0 amide bonds. The Morgan fingerprint density at radius 1 is 1.12 bits per heavy atom. The molecule has 0 atom stereocenters. The maximum Gasteiger partial charge on any atom is 0.0991 e. The zero-order chi connectivity index (χ0) is 11.5. The summed E-state index contributed by atoms with van der Waals surface area (Å²) in [6.45, 7) is 2.03. The van der Waals surface area contributed by atoms with Crippen LogP contribution in [-0.4, -0.2) is 0 Å². The highest BCUT2D eigenvalue weighted by Gasteiger charge is 2.03. The Morgan fingerprint density at radius 3 is 2.69 bits per heavy atom. The molecule has 0 aliphatic heterocycles. The summed E-state index contributed by atoms with van der Waals surface area (Å²) in [4.78, 5) is 0. The number of aryl methyl sites for hydroxylation is 1. The van der Waals surface area contributed by atoms with E-state index in [4.69, 9.17) is 16.9 Å². The van der Waals surface area contributed by atoms with E-state index in [2.05, 4.69) is 6.07 Å². The molecule has 0 saturated heterocycles. The van der Waals surface area contributed by atoms with Gasteiger partial charge in [-0.2, -0.15) is 5.26 Å². The highest BCUT2D eigenvalue weighted by Crippen LogP contribution is 2.26. The number of benzene rings is 2. The van der Waals surface area contributed by atoms with Crippen molar-refractivity contribution in [1.29, 1.82) is 5.26 Å². The quantitative estimate of drug-likeness (QED) is 0.717. The number of hydrogen-bond acceptors (Lipinski definition) is 1. The van der Waals surface area contributed by atoms with Gasteiger partial charge in [0.1, 0.15) is 0 Å². The molecule has 0 spiro atoms. The molecule has 0 unspecified atom stereocenters. The van der Waals surface area contributed by atoms with Gasteiger partial charge in [-0.3, -0.25) is 0 Å². The third-order valence-electron chi connectivity index (χ3n) is 2.50. The molecule has 0 saturated carbocycles. The Balaban J connectivity index is 2.58. The molecule has 1 nitrogen and oxygen atoms in total. The summed E-state index contributed by atoms with van der Waals surface area (Å²) < 4.78 is 0. The first-order chi connectivity index (χ1) is 7.70. The normalized spacial score (nSPS) is 9.81. The van der Waals surface area contributed by atoms with Crippen molar-refractivity contribution in [3.05, 3.63) is 58.6 Å². The van der Waals surface area contributed by atoms with Crippen molar-refractivity contribution in [2.45, 2.75) is 6.92 Å². The fourth-order valence-corrected chi connectivity index (χ4v) is 1.83. The molecule has 2 aromatic carbocycles. The number of nitrogens with zero attached hydrogens (tertiary/aromatic N) is 1. The maximum atomic E-state index is 8.86. The van der Waals surface area contributed by atoms with Crippen LogP contribution in [-0.2, 0) is 0 Å². The summed E-state index contributed by atoms with van der Waals surface area (Å²) in [7, 11) is 0. The highest BCUT2D eigenvalue weighted by molar-refractivity contribution is 6.30. The lowest BCUT2D eigenvalue weighted by Gasteiger charge is -2.06. The molecule has 2 aromatic rings. The fourth-order valence-electron chi connectivity index (χ4n) is 1.66. The first-order valence-electron chi connectivity index (χ1n) is 4.97. The van der Waals surface area contributed by atoms with Crippen molar-refractivity contribution in [2.75, 3.05) is 0 Å². The molecule has 0 bridgehead atoms. The van der Waals surface area contributed by atoms with E-state index in [1.165, 1.54) is 0 Å². The van der Waals surface area contributed by atoms with E-state index >= 15 is 0 Å². The molecule has 0 aliphatic rings. The number of rotatable bonds is 1. The molecule has 2 rings (SSSR count). The minimum atomic E-state index is 0.664. The second kappa shape index (κ2) is 4.38. The number of hydrogen-bond donors (Lipinski definition) is 0. The van der Waals surface area contributed by atoms with Gasteiger partial charge in [0.2, 0.25) is 0 Å². The molecule has 78 valence electrons. The second-order valence-electron chi connectivity index (χ2n) is 3.65. The Hall–Kier alpha value is -1.78. The lowest BCUT2D eigenvalue weighted by molar-refractivity contribution is 1.44. The van der Waals surface area contributed by atoms with Crippen LogP contribution in [0.3, 0.4) is 0 Å². The van der Waals surface area contributed by atoms with Crippen molar-refractivity contribution >= 4 is 11.6 Å². The summed E-state index contributed by atoms with van der Waals surface area (Å²) >= 11 is 5.98. The largest absolute Gasteiger partial charge is 0.192 e. The van der Waals surface area contributed by atoms with Crippen LogP contribution in [0.2, 0.25) is 5.02 Å². The zero-order valence-electron chi connectivity index (χ0n) is 8.87. The number of nitriles is 1. The van der Waals surface area contributed by atoms with Gasteiger partial charge in [0.25, 0.3) is 0 Å². The topological polar surface area (TPSA) is 23.8 Å². The molecule has 0 fully saturated rings. The third-order valence-corrected chi connectivity index (χ3v) is 2.74. The minimum Gasteiger partial charge on any atom is -0.192 e. The van der Waals surface area contributed by atoms with E-state index in [0.29, 0.717) is 10.6 Å². The smallest absolute Gasteiger partial charge is 0.0991 e. The van der Waals surface area contributed by atoms with E-state index < -0.39 is 0 Å². The monoisotopic (exact) mass is 227 g/mol. The Kier molecular flexibility index (Phi) is 2.94. The Morgan fingerprint density at radius 2 is 1.94 bits per heavy atom. The predicted octanol–water partition coefficient (Wildman–Crippen LogP) is 4.19. The van der Waals surface area contributed by atoms with Gasteiger partial charge in [-0.1, -0.05) is 29.8 Å². The van der Waals surface area contributed by atoms with Crippen LogP contribution in [0.15, 0.2) is 42.5 Å². The van der Waals surface area contributed by atoms with E-state index in [9.17, 15) is 0 Å². The summed E-state index contributed by atoms with van der Waals surface area (Å²) in [6.07, 6.45) is 0. The summed E-state index contributed by atoms with van der Waals surface area (Å²) in [5.41, 5.74) is 3.92. The van der Waals surface area contributed by atoms with Gasteiger partial charge in [0, 0.05) is 5.02 Å². The van der Waals surface area contributed by atoms with Crippen molar-refractivity contribution in [3.8, 4) is 17.2 Å². The van der Waals surface area contributed by atoms with Gasteiger partial charge in [0.15, 0.2) is 0 Å². The lowest BCUT2D eigenvalue weighted by Crippen LogP contribution is -1.84. The molecular formula is C14H10ClN. The van der Waals surface area contributed by atoms with Crippen LogP contribution >= 0.6 is 11.6 Å². The average Bonchev–Trinajstić information content (AvgIpc) is 2.32. The SMILES string of the molecule is Cc1ccc(Cl)cc1-c1cccc(C#N)c1. The highest BCUT2D eigenvalue weighted by atomic mass is 35.5. The van der Waals surface area contributed by atoms with Gasteiger partial charge < -0.3 is 0 Å². The van der Waals surface area contributed by atoms with Gasteiger partial charge in [-0.25, -0.2) is 0 Å².